The van der Waals surface area contributed by atoms with Gasteiger partial charge in [-0.3, -0.25) is 14.5 Å². The van der Waals surface area contributed by atoms with Gasteiger partial charge < -0.3 is 25.6 Å². The Labute approximate surface area is 197 Å². The van der Waals surface area contributed by atoms with Crippen LogP contribution in [0.4, 0.5) is 5.69 Å². The summed E-state index contributed by atoms with van der Waals surface area (Å²) in [6.07, 6.45) is 3.06. The minimum absolute atomic E-state index is 0.0846. The van der Waals surface area contributed by atoms with Crippen LogP contribution in [0.25, 0.3) is 10.9 Å². The number of carbonyl (C=O) groups is 2. The molecule has 1 aromatic heterocycles. The SMILES string of the molecule is CN(C)CCNc1c2c(c(O)c3[nH]cc(CN4C[C@@H]5C[C@H]4CN5)c13)C(=O)c1ccccc1C2=O. The Morgan fingerprint density at radius 1 is 1.15 bits per heavy atom. The van der Waals surface area contributed by atoms with Gasteiger partial charge >= 0.3 is 0 Å². The predicted molar refractivity (Wildman–Crippen MR) is 131 cm³/mol. The van der Waals surface area contributed by atoms with Gasteiger partial charge in [-0.25, -0.2) is 0 Å². The van der Waals surface area contributed by atoms with E-state index in [-0.39, 0.29) is 28.4 Å². The van der Waals surface area contributed by atoms with Gasteiger partial charge in [-0.2, -0.15) is 0 Å². The molecule has 2 aliphatic heterocycles. The molecular weight excluding hydrogens is 430 g/mol. The highest BCUT2D eigenvalue weighted by molar-refractivity contribution is 6.33. The molecule has 1 aliphatic carbocycles. The number of piperazine rings is 1. The molecule has 2 atom stereocenters. The number of fused-ring (bicyclic) bond motifs is 5. The van der Waals surface area contributed by atoms with Crippen molar-refractivity contribution in [3.8, 4) is 5.75 Å². The fourth-order valence-electron chi connectivity index (χ4n) is 5.79. The van der Waals surface area contributed by atoms with Gasteiger partial charge in [0.2, 0.25) is 0 Å². The molecule has 176 valence electrons. The van der Waals surface area contributed by atoms with Gasteiger partial charge in [-0.05, 0) is 26.1 Å². The second-order valence-electron chi connectivity index (χ2n) is 9.90. The third-order valence-corrected chi connectivity index (χ3v) is 7.46. The lowest BCUT2D eigenvalue weighted by molar-refractivity contribution is 0.0977. The van der Waals surface area contributed by atoms with Crippen molar-refractivity contribution < 1.29 is 14.7 Å². The number of H-pyrrole nitrogens is 1. The fourth-order valence-corrected chi connectivity index (χ4v) is 5.79. The molecule has 3 heterocycles. The predicted octanol–water partition coefficient (Wildman–Crippen LogP) is 2.17. The van der Waals surface area contributed by atoms with Crippen LogP contribution in [0.2, 0.25) is 0 Å². The van der Waals surface area contributed by atoms with E-state index in [1.165, 1.54) is 0 Å². The summed E-state index contributed by atoms with van der Waals surface area (Å²) in [4.78, 5) is 34.9. The summed E-state index contributed by atoms with van der Waals surface area (Å²) in [5.74, 6) is -0.697. The Morgan fingerprint density at radius 2 is 1.88 bits per heavy atom. The van der Waals surface area contributed by atoms with Gasteiger partial charge in [0.25, 0.3) is 0 Å². The first kappa shape index (κ1) is 21.3. The number of rotatable bonds is 6. The molecule has 0 saturated carbocycles. The lowest BCUT2D eigenvalue weighted by Crippen LogP contribution is -2.42. The number of hydrogen-bond donors (Lipinski definition) is 4. The number of carbonyl (C=O) groups excluding carboxylic acids is 2. The van der Waals surface area contributed by atoms with E-state index in [4.69, 9.17) is 0 Å². The third-order valence-electron chi connectivity index (χ3n) is 7.46. The van der Waals surface area contributed by atoms with Gasteiger partial charge in [0.15, 0.2) is 17.3 Å². The monoisotopic (exact) mass is 459 g/mol. The van der Waals surface area contributed by atoms with Crippen LogP contribution >= 0.6 is 0 Å². The Morgan fingerprint density at radius 3 is 2.53 bits per heavy atom. The topological polar surface area (TPSA) is 101 Å². The molecule has 3 aliphatic rings. The highest BCUT2D eigenvalue weighted by Gasteiger charge is 2.39. The zero-order chi connectivity index (χ0) is 23.6. The Balaban J connectivity index is 1.52. The van der Waals surface area contributed by atoms with Crippen molar-refractivity contribution in [3.05, 3.63) is 58.3 Å². The van der Waals surface area contributed by atoms with E-state index in [1.54, 1.807) is 24.3 Å². The summed E-state index contributed by atoms with van der Waals surface area (Å²) in [7, 11) is 3.99. The first-order chi connectivity index (χ1) is 16.4. The van der Waals surface area contributed by atoms with Crippen molar-refractivity contribution in [1.29, 1.82) is 0 Å². The number of aromatic hydroxyl groups is 1. The summed E-state index contributed by atoms with van der Waals surface area (Å²) in [5, 5.41) is 19.1. The first-order valence-electron chi connectivity index (χ1n) is 11.9. The van der Waals surface area contributed by atoms with Gasteiger partial charge in [0.05, 0.1) is 22.3 Å². The molecule has 8 nitrogen and oxygen atoms in total. The number of phenols is 1. The summed E-state index contributed by atoms with van der Waals surface area (Å²) < 4.78 is 0. The van der Waals surface area contributed by atoms with Crippen LogP contribution in [0.15, 0.2) is 30.5 Å². The Kier molecular flexibility index (Phi) is 4.98. The maximum Gasteiger partial charge on any atom is 0.198 e. The van der Waals surface area contributed by atoms with E-state index in [0.717, 1.165) is 43.5 Å². The smallest absolute Gasteiger partial charge is 0.198 e. The number of benzene rings is 2. The normalized spacial score (nSPS) is 21.5. The molecule has 0 unspecified atom stereocenters. The van der Waals surface area contributed by atoms with Gasteiger partial charge in [-0.15, -0.1) is 0 Å². The number of phenolic OH excluding ortho intramolecular Hbond substituents is 1. The molecule has 0 radical (unpaired) electrons. The van der Waals surface area contributed by atoms with Crippen LogP contribution in [0.5, 0.6) is 5.75 Å². The standard InChI is InChI=1S/C26H29N5O3/c1-30(2)8-7-27-22-19-14(12-31-13-15-9-16(31)11-28-15)10-29-23(19)26(34)21-20(22)24(32)17-5-3-4-6-18(17)25(21)33/h3-6,10,15-16,27-29,34H,7-9,11-13H2,1-2H3/t15-,16-/m0/s1. The summed E-state index contributed by atoms with van der Waals surface area (Å²) in [6.45, 7) is 4.07. The fraction of sp³-hybridized carbons (Fsp3) is 0.385. The average Bonchev–Trinajstić information content (AvgIpc) is 3.55. The van der Waals surface area contributed by atoms with Crippen molar-refractivity contribution in [2.45, 2.75) is 25.0 Å². The number of aromatic nitrogens is 1. The number of nitrogens with zero attached hydrogens (tertiary/aromatic N) is 2. The van der Waals surface area contributed by atoms with Gasteiger partial charge in [0.1, 0.15) is 0 Å². The lowest BCUT2D eigenvalue weighted by Gasteiger charge is -2.28. The molecule has 2 aromatic carbocycles. The van der Waals surface area contributed by atoms with E-state index in [9.17, 15) is 14.7 Å². The number of anilines is 1. The lowest BCUT2D eigenvalue weighted by atomic mass is 9.81. The first-order valence-corrected chi connectivity index (χ1v) is 11.9. The van der Waals surface area contributed by atoms with Crippen LogP contribution < -0.4 is 10.6 Å². The van der Waals surface area contributed by atoms with Crippen LogP contribution in [0.3, 0.4) is 0 Å². The number of likely N-dealkylation sites (N-methyl/N-ethyl adjacent to an activating group) is 1. The highest BCUT2D eigenvalue weighted by atomic mass is 16.3. The minimum Gasteiger partial charge on any atom is -0.505 e. The van der Waals surface area contributed by atoms with Crippen molar-refractivity contribution in [3.63, 3.8) is 0 Å². The summed E-state index contributed by atoms with van der Waals surface area (Å²) in [6, 6.07) is 7.88. The van der Waals surface area contributed by atoms with E-state index in [0.29, 0.717) is 41.0 Å². The van der Waals surface area contributed by atoms with Crippen LogP contribution in [-0.2, 0) is 6.54 Å². The highest BCUT2D eigenvalue weighted by Crippen LogP contribution is 2.45. The molecule has 2 bridgehead atoms. The van der Waals surface area contributed by atoms with E-state index in [2.05, 4.69) is 25.4 Å². The number of ketones is 2. The molecule has 2 fully saturated rings. The van der Waals surface area contributed by atoms with Crippen molar-refractivity contribution >= 4 is 28.2 Å². The van der Waals surface area contributed by atoms with E-state index >= 15 is 0 Å². The Hall–Kier alpha value is -3.20. The molecular formula is C26H29N5O3. The number of aromatic amines is 1. The van der Waals surface area contributed by atoms with Crippen LogP contribution in [-0.4, -0.2) is 83.8 Å². The second kappa shape index (κ2) is 7.94. The minimum atomic E-state index is -0.320. The number of hydrogen-bond acceptors (Lipinski definition) is 7. The molecule has 2 saturated heterocycles. The number of likely N-dealkylation sites (tertiary alicyclic amines) is 1. The molecule has 34 heavy (non-hydrogen) atoms. The summed E-state index contributed by atoms with van der Waals surface area (Å²) >= 11 is 0. The van der Waals surface area contributed by atoms with Crippen LogP contribution in [0, 0.1) is 0 Å². The maximum absolute atomic E-state index is 13.7. The zero-order valence-electron chi connectivity index (χ0n) is 19.4. The molecule has 8 heteroatoms. The van der Waals surface area contributed by atoms with E-state index < -0.39 is 0 Å². The largest absolute Gasteiger partial charge is 0.505 e. The average molecular weight is 460 g/mol. The maximum atomic E-state index is 13.7. The molecule has 0 spiro atoms. The van der Waals surface area contributed by atoms with Crippen molar-refractivity contribution in [1.82, 2.24) is 20.1 Å². The quantitative estimate of drug-likeness (QED) is 0.328. The van der Waals surface area contributed by atoms with E-state index in [1.807, 2.05) is 20.3 Å². The molecule has 4 N–H and O–H groups in total. The second-order valence-corrected chi connectivity index (χ2v) is 9.90. The summed E-state index contributed by atoms with van der Waals surface area (Å²) in [5.41, 5.74) is 3.24. The molecule has 3 aromatic rings. The van der Waals surface area contributed by atoms with Gasteiger partial charge in [-0.1, -0.05) is 24.3 Å². The zero-order valence-corrected chi connectivity index (χ0v) is 19.4. The Bertz CT molecular complexity index is 1330. The van der Waals surface area contributed by atoms with Gasteiger partial charge in [0, 0.05) is 67.5 Å². The number of nitrogens with one attached hydrogen (secondary N) is 3. The third kappa shape index (κ3) is 3.17. The van der Waals surface area contributed by atoms with Crippen LogP contribution in [0.1, 0.15) is 43.8 Å². The molecule has 0 amide bonds. The van der Waals surface area contributed by atoms with Crippen molar-refractivity contribution in [2.75, 3.05) is 45.6 Å². The molecule has 6 rings (SSSR count). The van der Waals surface area contributed by atoms with Crippen molar-refractivity contribution in [2.24, 2.45) is 0 Å².